The molecule has 5 rings (SSSR count). The summed E-state index contributed by atoms with van der Waals surface area (Å²) in [6.45, 7) is 21.0. The van der Waals surface area contributed by atoms with Crippen LogP contribution in [-0.2, 0) is 49.2 Å². The number of ether oxygens (including phenoxy) is 4. The first-order valence-corrected chi connectivity index (χ1v) is 27.9. The monoisotopic (exact) mass is 975 g/mol. The van der Waals surface area contributed by atoms with E-state index in [1.54, 1.807) is 39.3 Å². The number of nitrogen functional groups attached to an aromatic ring is 1. The molecule has 3 aliphatic heterocycles. The van der Waals surface area contributed by atoms with Crippen LogP contribution in [0.25, 0.3) is 10.6 Å². The van der Waals surface area contributed by atoms with Crippen LogP contribution in [-0.4, -0.2) is 132 Å². The summed E-state index contributed by atoms with van der Waals surface area (Å²) in [5.74, 6) is -5.67. The van der Waals surface area contributed by atoms with E-state index in [4.69, 9.17) is 38.9 Å². The van der Waals surface area contributed by atoms with Crippen LogP contribution < -0.4 is 5.73 Å². The van der Waals surface area contributed by atoms with Gasteiger partial charge in [-0.1, -0.05) is 39.8 Å². The summed E-state index contributed by atoms with van der Waals surface area (Å²) in [5.41, 5.74) is 1.71. The maximum Gasteiger partial charge on any atom is 0.351 e. The fraction of sp³-hybridized carbons (Fsp3) is 0.729. The maximum atomic E-state index is 17.2. The molecule has 3 N–H and O–H groups in total. The molecular formula is C48H75FN6O10SSi. The number of aliphatic hydroxyl groups is 1. The van der Waals surface area contributed by atoms with E-state index in [1.807, 2.05) is 47.0 Å². The standard InChI is InChI=1S/C48H75FN6O10SSi/c1-15-36-48(9,59)34-20-19-33(54-61-25-32-18-17-31(23-51-32)43-52-37(50)26-66-43)24-60-46(7,22-27(3)39(29(34)5)53-38(56)16-2)42(30(6)41(57)47(8,49)45(58)63-36)64-44-40(65-67(12,13)14)35(55(10)11)21-28(4)62-44/h17-18,23,26-30,34-36,40,42,44,59H,15-16,19-22,24-25,50H2,1-14H3/b53-39+,54-33+/t27-,28-,29-,30+,34-,35+,36-,40-,42-,44+,46-,47+,48+/m1/s1. The van der Waals surface area contributed by atoms with Gasteiger partial charge in [0.05, 0.1) is 35.8 Å². The molecular weight excluding hydrogens is 900 g/mol. The van der Waals surface area contributed by atoms with Crippen molar-refractivity contribution < 1.29 is 52.1 Å². The number of anilines is 1. The highest BCUT2D eigenvalue weighted by molar-refractivity contribution is 7.13. The Morgan fingerprint density at radius 3 is 2.39 bits per heavy atom. The molecule has 0 spiro atoms. The molecule has 3 fully saturated rings. The van der Waals surface area contributed by atoms with Gasteiger partial charge in [0, 0.05) is 47.2 Å². The number of hydrogen-bond donors (Lipinski definition) is 2. The van der Waals surface area contributed by atoms with Crippen LogP contribution in [0.5, 0.6) is 0 Å². The lowest BCUT2D eigenvalue weighted by atomic mass is 9.68. The minimum Gasteiger partial charge on any atom is -0.457 e. The van der Waals surface area contributed by atoms with Gasteiger partial charge in [-0.05, 0) is 118 Å². The molecule has 2 aromatic heterocycles. The number of Topliss-reactive ketones (excluding diaryl/α,β-unsaturated/α-hetero) is 1. The van der Waals surface area contributed by atoms with Gasteiger partial charge in [-0.15, -0.1) is 11.3 Å². The Hall–Kier alpha value is -3.56. The number of alkyl halides is 1. The Bertz CT molecular complexity index is 2100. The van der Waals surface area contributed by atoms with Gasteiger partial charge in [0.1, 0.15) is 28.6 Å². The smallest absolute Gasteiger partial charge is 0.351 e. The fourth-order valence-corrected chi connectivity index (χ4v) is 11.7. The normalized spacial score (nSPS) is 36.3. The summed E-state index contributed by atoms with van der Waals surface area (Å²) < 4.78 is 50.7. The number of halogens is 1. The maximum absolute atomic E-state index is 17.2. The van der Waals surface area contributed by atoms with Gasteiger partial charge in [-0.3, -0.25) is 14.6 Å². The zero-order chi connectivity index (χ0) is 49.8. The first-order valence-electron chi connectivity index (χ1n) is 23.6. The molecule has 2 bridgehead atoms. The minimum absolute atomic E-state index is 0.00844. The van der Waals surface area contributed by atoms with Crippen LogP contribution in [0.3, 0.4) is 0 Å². The van der Waals surface area contributed by atoms with E-state index in [9.17, 15) is 19.5 Å². The van der Waals surface area contributed by atoms with Gasteiger partial charge in [-0.25, -0.2) is 19.2 Å². The SMILES string of the molecule is CCC(=O)/N=C1\[C@H](C)C[C@@]2(C)OC/C(=N/OCc3ccc(-c4nc(N)cs4)cn3)CC[C@H]([C@H]1C)[C@](C)(O)[C@@H](CC)OC(=O)[C@@](C)(F)C(=O)[C@H](C)[C@H]2O[C@@H]1O[C@H](C)C[C@H](N(C)C)[C@H]1O[Si](C)(C)C. The molecule has 3 aliphatic rings. The summed E-state index contributed by atoms with van der Waals surface area (Å²) in [6, 6.07) is 3.53. The number of likely N-dealkylation sites (N-methyl/N-ethyl adjacent to an activating group) is 1. The summed E-state index contributed by atoms with van der Waals surface area (Å²) in [6.07, 6.45) is -1.46. The Kier molecular flexibility index (Phi) is 17.9. The molecule has 0 saturated carbocycles. The molecule has 0 radical (unpaired) electrons. The second kappa shape index (κ2) is 22.0. The Morgan fingerprint density at radius 2 is 1.81 bits per heavy atom. The molecule has 3 saturated heterocycles. The lowest BCUT2D eigenvalue weighted by Gasteiger charge is -2.49. The highest BCUT2D eigenvalue weighted by atomic mass is 32.1. The van der Waals surface area contributed by atoms with Crippen molar-refractivity contribution in [2.24, 2.45) is 33.8 Å². The third kappa shape index (κ3) is 13.0. The summed E-state index contributed by atoms with van der Waals surface area (Å²) in [7, 11) is 1.64. The van der Waals surface area contributed by atoms with Crippen molar-refractivity contribution in [3.63, 3.8) is 0 Å². The zero-order valence-corrected chi connectivity index (χ0v) is 43.8. The fourth-order valence-electron chi connectivity index (χ4n) is 9.94. The van der Waals surface area contributed by atoms with E-state index in [0.29, 0.717) is 29.4 Å². The predicted octanol–water partition coefficient (Wildman–Crippen LogP) is 7.58. The van der Waals surface area contributed by atoms with Crippen LogP contribution in [0.1, 0.15) is 107 Å². The summed E-state index contributed by atoms with van der Waals surface area (Å²) >= 11 is 1.42. The number of amides is 1. The number of ketones is 1. The number of aromatic nitrogens is 2. The van der Waals surface area contributed by atoms with Gasteiger partial charge in [0.15, 0.2) is 27.0 Å². The van der Waals surface area contributed by atoms with E-state index >= 15 is 4.39 Å². The van der Waals surface area contributed by atoms with Crippen molar-refractivity contribution in [3.8, 4) is 10.6 Å². The van der Waals surface area contributed by atoms with Crippen LogP contribution in [0.15, 0.2) is 33.9 Å². The second-order valence-corrected chi connectivity index (χ2v) is 25.8. The number of hydrogen-bond acceptors (Lipinski definition) is 16. The number of aliphatic imine (C=N–C) groups is 1. The molecule has 16 nitrogen and oxygen atoms in total. The van der Waals surface area contributed by atoms with Crippen LogP contribution >= 0.6 is 11.3 Å². The number of cyclic esters (lactones) is 1. The summed E-state index contributed by atoms with van der Waals surface area (Å²) in [5, 5.41) is 19.8. The van der Waals surface area contributed by atoms with E-state index < -0.39 is 85.2 Å². The number of carbonyl (C=O) groups excluding carboxylic acids is 3. The topological polar surface area (TPSA) is 207 Å². The van der Waals surface area contributed by atoms with Gasteiger partial charge >= 0.3 is 5.97 Å². The van der Waals surface area contributed by atoms with Crippen molar-refractivity contribution in [1.82, 2.24) is 14.9 Å². The molecule has 0 unspecified atom stereocenters. The molecule has 5 heterocycles. The zero-order valence-electron chi connectivity index (χ0n) is 42.0. The predicted molar refractivity (Wildman–Crippen MR) is 259 cm³/mol. The van der Waals surface area contributed by atoms with Crippen LogP contribution in [0.2, 0.25) is 19.6 Å². The Labute approximate surface area is 401 Å². The third-order valence-corrected chi connectivity index (χ3v) is 15.4. The van der Waals surface area contributed by atoms with Crippen molar-refractivity contribution >= 4 is 54.6 Å². The van der Waals surface area contributed by atoms with Crippen molar-refractivity contribution in [3.05, 3.63) is 29.4 Å². The highest BCUT2D eigenvalue weighted by Crippen LogP contribution is 2.43. The van der Waals surface area contributed by atoms with E-state index in [2.05, 4.69) is 39.7 Å². The first-order chi connectivity index (χ1) is 31.2. The molecule has 1 amide bonds. The number of pyridine rings is 1. The lowest BCUT2D eigenvalue weighted by molar-refractivity contribution is -0.293. The van der Waals surface area contributed by atoms with Crippen molar-refractivity contribution in [1.29, 1.82) is 0 Å². The van der Waals surface area contributed by atoms with Crippen LogP contribution in [0, 0.1) is 23.7 Å². The van der Waals surface area contributed by atoms with Crippen molar-refractivity contribution in [2.75, 3.05) is 26.4 Å². The Morgan fingerprint density at radius 1 is 1.10 bits per heavy atom. The quantitative estimate of drug-likeness (QED) is 0.0964. The molecule has 19 heteroatoms. The van der Waals surface area contributed by atoms with E-state index in [1.165, 1.54) is 18.3 Å². The number of nitrogens with two attached hydrogens (primary N) is 1. The number of rotatable bonds is 11. The number of fused-ring (bicyclic) bond motifs is 5. The molecule has 13 atom stereocenters. The average molecular weight is 975 g/mol. The lowest BCUT2D eigenvalue weighted by Crippen LogP contribution is -2.62. The highest BCUT2D eigenvalue weighted by Gasteiger charge is 2.57. The molecule has 374 valence electrons. The average Bonchev–Trinajstić information content (AvgIpc) is 3.69. The minimum atomic E-state index is -3.16. The first kappa shape index (κ1) is 54.4. The van der Waals surface area contributed by atoms with Gasteiger partial charge in [-0.2, -0.15) is 0 Å². The van der Waals surface area contributed by atoms with E-state index in [-0.39, 0.29) is 63.4 Å². The van der Waals surface area contributed by atoms with Crippen LogP contribution in [0.4, 0.5) is 10.2 Å². The second-order valence-electron chi connectivity index (χ2n) is 20.5. The third-order valence-electron chi connectivity index (χ3n) is 13.5. The summed E-state index contributed by atoms with van der Waals surface area (Å²) in [4.78, 5) is 63.9. The van der Waals surface area contributed by atoms with Gasteiger partial charge in [0.25, 0.3) is 5.67 Å². The number of thiazole rings is 1. The number of esters is 1. The number of oxime groups is 1. The Balaban J connectivity index is 1.69. The largest absolute Gasteiger partial charge is 0.457 e. The number of nitrogens with zero attached hydrogens (tertiary/aromatic N) is 5. The van der Waals surface area contributed by atoms with E-state index in [0.717, 1.165) is 17.5 Å². The van der Waals surface area contributed by atoms with Gasteiger partial charge < -0.3 is 44.0 Å². The molecule has 67 heavy (non-hydrogen) atoms. The molecule has 0 aliphatic carbocycles. The molecule has 0 aromatic carbocycles. The molecule has 2 aromatic rings. The van der Waals surface area contributed by atoms with Crippen molar-refractivity contribution in [2.45, 2.75) is 181 Å². The van der Waals surface area contributed by atoms with Gasteiger partial charge in [0.2, 0.25) is 5.91 Å². The number of carbonyl (C=O) groups is 3.